The van der Waals surface area contributed by atoms with Gasteiger partial charge in [0.25, 0.3) is 0 Å². The summed E-state index contributed by atoms with van der Waals surface area (Å²) in [6.07, 6.45) is 96.2. The van der Waals surface area contributed by atoms with Crippen LogP contribution in [0.25, 0.3) is 0 Å². The number of hydrogen-bond donors (Lipinski definition) is 0. The topological polar surface area (TPSA) is 78.9 Å². The third kappa shape index (κ3) is 66.2. The van der Waals surface area contributed by atoms with E-state index in [0.29, 0.717) is 19.3 Å². The zero-order valence-corrected chi connectivity index (χ0v) is 52.8. The Kier molecular flexibility index (Phi) is 64.3. The first-order chi connectivity index (χ1) is 40.0. The van der Waals surface area contributed by atoms with Gasteiger partial charge >= 0.3 is 17.9 Å². The molecule has 0 heterocycles. The lowest BCUT2D eigenvalue weighted by molar-refractivity contribution is -0.167. The predicted molar refractivity (Wildman–Crippen MR) is 353 cm³/mol. The highest BCUT2D eigenvalue weighted by Gasteiger charge is 2.19. The number of carbonyl (C=O) groups excluding carboxylic acids is 3. The van der Waals surface area contributed by atoms with Crippen molar-refractivity contribution in [2.24, 2.45) is 0 Å². The Hall–Kier alpha value is -4.45. The monoisotopic (exact) mass is 1120 g/mol. The van der Waals surface area contributed by atoms with E-state index in [1.165, 1.54) is 141 Å². The minimum atomic E-state index is -0.810. The molecule has 0 aliphatic heterocycles. The van der Waals surface area contributed by atoms with Crippen LogP contribution in [0.1, 0.15) is 303 Å². The Morgan fingerprint density at radius 1 is 0.259 bits per heavy atom. The van der Waals surface area contributed by atoms with E-state index in [2.05, 4.69) is 154 Å². The third-order valence-electron chi connectivity index (χ3n) is 14.2. The van der Waals surface area contributed by atoms with Crippen LogP contribution in [-0.4, -0.2) is 37.2 Å². The van der Waals surface area contributed by atoms with Crippen molar-refractivity contribution in [3.05, 3.63) is 134 Å². The number of hydrogen-bond acceptors (Lipinski definition) is 6. The molecule has 81 heavy (non-hydrogen) atoms. The molecule has 1 atom stereocenters. The molecule has 0 spiro atoms. The smallest absolute Gasteiger partial charge is 0.306 e. The van der Waals surface area contributed by atoms with Crippen LogP contribution in [0.15, 0.2) is 134 Å². The standard InChI is InChI=1S/C75H124O6/c1-4-7-10-13-16-19-22-25-27-29-30-31-32-33-34-35-36-37-38-39-40-41-42-43-44-46-47-50-53-56-59-62-65-68-74(77)80-71-72(70-79-73(76)67-64-61-58-55-52-49-24-21-18-15-12-9-6-3)81-75(78)69-66-63-60-57-54-51-48-45-28-26-23-20-17-14-11-8-5-2/h7-8,10-11,16-17,19-20,25-28,30-31,33-34,36-37,48,51,57,60,72H,4-6,9,12-15,18,21-24,29,32,35,38-47,49-50,52-56,58-59,61-71H2,1-3H3/b10-7-,11-8-,19-16-,20-17-,27-25-,28-26-,31-30-,34-33-,37-36-,51-48-,60-57-. The van der Waals surface area contributed by atoms with Crippen LogP contribution in [0.2, 0.25) is 0 Å². The fraction of sp³-hybridized carbons (Fsp3) is 0.667. The van der Waals surface area contributed by atoms with Crippen molar-refractivity contribution in [1.82, 2.24) is 0 Å². The minimum absolute atomic E-state index is 0.0998. The molecule has 0 N–H and O–H groups in total. The Morgan fingerprint density at radius 2 is 0.494 bits per heavy atom. The van der Waals surface area contributed by atoms with Gasteiger partial charge in [-0.25, -0.2) is 0 Å². The second-order valence-corrected chi connectivity index (χ2v) is 22.0. The van der Waals surface area contributed by atoms with Gasteiger partial charge in [-0.1, -0.05) is 309 Å². The first-order valence-electron chi connectivity index (χ1n) is 33.7. The zero-order chi connectivity index (χ0) is 58.5. The summed E-state index contributed by atoms with van der Waals surface area (Å²) in [5, 5.41) is 0. The fourth-order valence-corrected chi connectivity index (χ4v) is 9.19. The van der Waals surface area contributed by atoms with Gasteiger partial charge in [0.15, 0.2) is 6.10 Å². The maximum atomic E-state index is 12.9. The lowest BCUT2D eigenvalue weighted by Gasteiger charge is -2.18. The fourth-order valence-electron chi connectivity index (χ4n) is 9.19. The molecule has 0 radical (unpaired) electrons. The highest BCUT2D eigenvalue weighted by Crippen LogP contribution is 2.16. The summed E-state index contributed by atoms with van der Waals surface area (Å²) in [4.78, 5) is 38.3. The van der Waals surface area contributed by atoms with Gasteiger partial charge in [-0.15, -0.1) is 0 Å². The molecule has 6 heteroatoms. The van der Waals surface area contributed by atoms with Crippen LogP contribution in [0.4, 0.5) is 0 Å². The van der Waals surface area contributed by atoms with Crippen molar-refractivity contribution in [1.29, 1.82) is 0 Å². The van der Waals surface area contributed by atoms with Crippen LogP contribution in [0.3, 0.4) is 0 Å². The van der Waals surface area contributed by atoms with Crippen molar-refractivity contribution in [2.75, 3.05) is 13.2 Å². The normalized spacial score (nSPS) is 13.0. The third-order valence-corrected chi connectivity index (χ3v) is 14.2. The van der Waals surface area contributed by atoms with E-state index in [9.17, 15) is 14.4 Å². The molecule has 0 saturated heterocycles. The first-order valence-corrected chi connectivity index (χ1v) is 33.7. The molecule has 0 rings (SSSR count). The molecule has 0 aromatic carbocycles. The van der Waals surface area contributed by atoms with Gasteiger partial charge in [-0.3, -0.25) is 14.4 Å². The predicted octanol–water partition coefficient (Wildman–Crippen LogP) is 23.3. The molecule has 0 aliphatic carbocycles. The molecule has 0 aliphatic rings. The van der Waals surface area contributed by atoms with Gasteiger partial charge in [-0.05, 0) is 109 Å². The molecular weight excluding hydrogens is 997 g/mol. The van der Waals surface area contributed by atoms with Gasteiger partial charge < -0.3 is 14.2 Å². The quantitative estimate of drug-likeness (QED) is 0.0261. The molecule has 0 fully saturated rings. The number of esters is 3. The van der Waals surface area contributed by atoms with E-state index in [1.807, 2.05) is 0 Å². The number of rotatable bonds is 60. The van der Waals surface area contributed by atoms with Crippen LogP contribution in [-0.2, 0) is 28.6 Å². The van der Waals surface area contributed by atoms with Crippen molar-refractivity contribution < 1.29 is 28.6 Å². The van der Waals surface area contributed by atoms with Crippen LogP contribution >= 0.6 is 0 Å². The SMILES string of the molecule is CC/C=C\C/C=C\C/C=C\C/C=C\C/C=C\C/C=C\CCCCCCCCCCCCCCCCC(=O)OCC(COC(=O)CCCCCCCCCCCCCCC)OC(=O)CCC/C=C\C/C=C\C/C=C\C/C=C\C/C=C\CC. The van der Waals surface area contributed by atoms with E-state index in [1.54, 1.807) is 0 Å². The number of allylic oxidation sites excluding steroid dienone is 22. The van der Waals surface area contributed by atoms with Crippen LogP contribution in [0.5, 0.6) is 0 Å². The van der Waals surface area contributed by atoms with Crippen molar-refractivity contribution in [3.8, 4) is 0 Å². The maximum Gasteiger partial charge on any atom is 0.306 e. The molecule has 0 amide bonds. The molecule has 460 valence electrons. The van der Waals surface area contributed by atoms with E-state index >= 15 is 0 Å². The highest BCUT2D eigenvalue weighted by molar-refractivity contribution is 5.71. The largest absolute Gasteiger partial charge is 0.462 e. The Morgan fingerprint density at radius 3 is 0.790 bits per heavy atom. The minimum Gasteiger partial charge on any atom is -0.462 e. The first kappa shape index (κ1) is 76.5. The lowest BCUT2D eigenvalue weighted by atomic mass is 10.0. The maximum absolute atomic E-state index is 12.9. The second-order valence-electron chi connectivity index (χ2n) is 22.0. The van der Waals surface area contributed by atoms with Gasteiger partial charge in [0.05, 0.1) is 0 Å². The number of ether oxygens (including phenoxy) is 3. The zero-order valence-electron chi connectivity index (χ0n) is 52.8. The summed E-state index contributed by atoms with van der Waals surface area (Å²) in [6.45, 7) is 6.38. The molecular formula is C75H124O6. The van der Waals surface area contributed by atoms with E-state index in [0.717, 1.165) is 116 Å². The van der Waals surface area contributed by atoms with Gasteiger partial charge in [0.2, 0.25) is 0 Å². The highest BCUT2D eigenvalue weighted by atomic mass is 16.6. The average Bonchev–Trinajstić information content (AvgIpc) is 3.46. The van der Waals surface area contributed by atoms with E-state index < -0.39 is 6.10 Å². The molecule has 0 aromatic heterocycles. The summed E-state index contributed by atoms with van der Waals surface area (Å²) in [5.74, 6) is -0.953. The molecule has 0 saturated carbocycles. The molecule has 6 nitrogen and oxygen atoms in total. The molecule has 1 unspecified atom stereocenters. The van der Waals surface area contributed by atoms with Crippen molar-refractivity contribution in [2.45, 2.75) is 309 Å². The summed E-state index contributed by atoms with van der Waals surface area (Å²) in [6, 6.07) is 0. The summed E-state index contributed by atoms with van der Waals surface area (Å²) >= 11 is 0. The van der Waals surface area contributed by atoms with Crippen molar-refractivity contribution >= 4 is 17.9 Å². The summed E-state index contributed by atoms with van der Waals surface area (Å²) in [5.41, 5.74) is 0. The molecule has 0 aromatic rings. The average molecular weight is 1120 g/mol. The molecule has 0 bridgehead atoms. The number of carbonyl (C=O) groups is 3. The second kappa shape index (κ2) is 68.1. The van der Waals surface area contributed by atoms with Crippen molar-refractivity contribution in [3.63, 3.8) is 0 Å². The summed E-state index contributed by atoms with van der Waals surface area (Å²) < 4.78 is 16.9. The van der Waals surface area contributed by atoms with Gasteiger partial charge in [0.1, 0.15) is 13.2 Å². The van der Waals surface area contributed by atoms with Gasteiger partial charge in [0, 0.05) is 19.3 Å². The Labute approximate surface area is 500 Å². The Balaban J connectivity index is 4.26. The Bertz CT molecular complexity index is 1720. The van der Waals surface area contributed by atoms with Gasteiger partial charge in [-0.2, -0.15) is 0 Å². The van der Waals surface area contributed by atoms with Crippen LogP contribution < -0.4 is 0 Å². The lowest BCUT2D eigenvalue weighted by Crippen LogP contribution is -2.30. The van der Waals surface area contributed by atoms with E-state index in [4.69, 9.17) is 14.2 Å². The summed E-state index contributed by atoms with van der Waals surface area (Å²) in [7, 11) is 0. The van der Waals surface area contributed by atoms with Crippen LogP contribution in [0, 0.1) is 0 Å². The number of unbranched alkanes of at least 4 members (excludes halogenated alkanes) is 27. The van der Waals surface area contributed by atoms with E-state index in [-0.39, 0.29) is 37.5 Å².